The van der Waals surface area contributed by atoms with Crippen LogP contribution < -0.4 is 10.6 Å². The summed E-state index contributed by atoms with van der Waals surface area (Å²) in [5.74, 6) is 1.99. The summed E-state index contributed by atoms with van der Waals surface area (Å²) in [4.78, 5) is 13.4. The maximum Gasteiger partial charge on any atom is 0.136 e. The van der Waals surface area contributed by atoms with Gasteiger partial charge in [0.1, 0.15) is 17.5 Å². The van der Waals surface area contributed by atoms with Gasteiger partial charge in [0.05, 0.1) is 22.8 Å². The fourth-order valence-electron chi connectivity index (χ4n) is 2.81. The van der Waals surface area contributed by atoms with E-state index in [1.165, 1.54) is 0 Å². The number of pyridine rings is 1. The third kappa shape index (κ3) is 3.67. The van der Waals surface area contributed by atoms with Gasteiger partial charge in [0.2, 0.25) is 0 Å². The normalized spacial score (nSPS) is 10.4. The fourth-order valence-corrected chi connectivity index (χ4v) is 2.81. The van der Waals surface area contributed by atoms with E-state index in [1.54, 1.807) is 18.3 Å². The van der Waals surface area contributed by atoms with Gasteiger partial charge in [-0.15, -0.1) is 0 Å². The molecule has 0 saturated carbocycles. The van der Waals surface area contributed by atoms with Gasteiger partial charge in [-0.2, -0.15) is 5.26 Å². The molecule has 130 valence electrons. The molecule has 27 heavy (non-hydrogen) atoms. The minimum Gasteiger partial charge on any atom is -0.340 e. The summed E-state index contributed by atoms with van der Waals surface area (Å²) in [6.45, 7) is 1.84. The van der Waals surface area contributed by atoms with Gasteiger partial charge >= 0.3 is 0 Å². The van der Waals surface area contributed by atoms with Gasteiger partial charge in [-0.3, -0.25) is 4.98 Å². The van der Waals surface area contributed by atoms with Crippen molar-refractivity contribution in [3.63, 3.8) is 0 Å². The number of rotatable bonds is 4. The van der Waals surface area contributed by atoms with E-state index in [0.29, 0.717) is 23.0 Å². The summed E-state index contributed by atoms with van der Waals surface area (Å²) < 4.78 is 0. The van der Waals surface area contributed by atoms with Crippen LogP contribution in [0.4, 0.5) is 23.0 Å². The number of hydrogen-bond donors (Lipinski definition) is 2. The topological polar surface area (TPSA) is 86.5 Å². The molecule has 0 bridgehead atoms. The number of anilines is 4. The van der Waals surface area contributed by atoms with E-state index < -0.39 is 0 Å². The van der Waals surface area contributed by atoms with Crippen molar-refractivity contribution in [2.45, 2.75) is 6.92 Å². The fraction of sp³-hybridized carbons (Fsp3) is 0.0476. The molecule has 2 heterocycles. The molecule has 6 heteroatoms. The lowest BCUT2D eigenvalue weighted by atomic mass is 10.2. The van der Waals surface area contributed by atoms with E-state index in [9.17, 15) is 0 Å². The van der Waals surface area contributed by atoms with Crippen molar-refractivity contribution in [1.29, 1.82) is 5.26 Å². The number of fused-ring (bicyclic) bond motifs is 1. The van der Waals surface area contributed by atoms with E-state index in [4.69, 9.17) is 5.26 Å². The smallest absolute Gasteiger partial charge is 0.136 e. The van der Waals surface area contributed by atoms with E-state index >= 15 is 0 Å². The molecule has 6 nitrogen and oxygen atoms in total. The highest BCUT2D eigenvalue weighted by Gasteiger charge is 2.06. The summed E-state index contributed by atoms with van der Waals surface area (Å²) >= 11 is 0. The van der Waals surface area contributed by atoms with Gasteiger partial charge in [0.15, 0.2) is 0 Å². The zero-order valence-corrected chi connectivity index (χ0v) is 14.6. The molecule has 4 rings (SSSR count). The Bertz CT molecular complexity index is 1140. The first-order valence-electron chi connectivity index (χ1n) is 8.45. The highest BCUT2D eigenvalue weighted by Crippen LogP contribution is 2.25. The number of aromatic nitrogens is 3. The predicted octanol–water partition coefficient (Wildman–Crippen LogP) is 4.69. The van der Waals surface area contributed by atoms with Crippen molar-refractivity contribution >= 4 is 33.9 Å². The molecule has 0 saturated heterocycles. The maximum absolute atomic E-state index is 8.90. The molecule has 0 aliphatic rings. The minimum absolute atomic E-state index is 0.616. The van der Waals surface area contributed by atoms with Crippen molar-refractivity contribution in [2.75, 3.05) is 10.6 Å². The van der Waals surface area contributed by atoms with Crippen LogP contribution in [0.2, 0.25) is 0 Å². The average Bonchev–Trinajstić information content (AvgIpc) is 2.68. The number of nitrogens with zero attached hydrogens (tertiary/aromatic N) is 4. The van der Waals surface area contributed by atoms with E-state index in [0.717, 1.165) is 22.3 Å². The lowest BCUT2D eigenvalue weighted by Gasteiger charge is -2.11. The van der Waals surface area contributed by atoms with Crippen LogP contribution in [-0.2, 0) is 0 Å². The molecular weight excluding hydrogens is 336 g/mol. The van der Waals surface area contributed by atoms with Gasteiger partial charge in [0.25, 0.3) is 0 Å². The first-order chi connectivity index (χ1) is 13.2. The molecule has 0 aliphatic heterocycles. The van der Waals surface area contributed by atoms with Crippen LogP contribution in [0.1, 0.15) is 11.4 Å². The number of nitriles is 1. The standard InChI is InChI=1S/C21H16N6/c1-14-24-19(26-17-9-7-15(13-22)8-10-17)12-20(25-14)27-18-6-2-4-16-5-3-11-23-21(16)18/h2-12H,1H3,(H2,24,25,26,27). The van der Waals surface area contributed by atoms with Gasteiger partial charge < -0.3 is 10.6 Å². The Morgan fingerprint density at radius 3 is 2.41 bits per heavy atom. The molecule has 0 fully saturated rings. The van der Waals surface area contributed by atoms with E-state index in [-0.39, 0.29) is 0 Å². The average molecular weight is 352 g/mol. The Morgan fingerprint density at radius 1 is 0.889 bits per heavy atom. The van der Waals surface area contributed by atoms with E-state index in [2.05, 4.69) is 31.7 Å². The Hall–Kier alpha value is -3.98. The van der Waals surface area contributed by atoms with Crippen molar-refractivity contribution in [3.05, 3.63) is 78.2 Å². The van der Waals surface area contributed by atoms with Crippen LogP contribution in [0.5, 0.6) is 0 Å². The van der Waals surface area contributed by atoms with Crippen LogP contribution >= 0.6 is 0 Å². The molecule has 2 aromatic carbocycles. The van der Waals surface area contributed by atoms with Gasteiger partial charge in [-0.05, 0) is 43.3 Å². The number of para-hydroxylation sites is 1. The third-order valence-electron chi connectivity index (χ3n) is 4.02. The zero-order chi connectivity index (χ0) is 18.6. The summed E-state index contributed by atoms with van der Waals surface area (Å²) in [5.41, 5.74) is 3.24. The largest absolute Gasteiger partial charge is 0.340 e. The highest BCUT2D eigenvalue weighted by molar-refractivity contribution is 5.91. The second-order valence-electron chi connectivity index (χ2n) is 6.01. The number of aryl methyl sites for hydroxylation is 1. The van der Waals surface area contributed by atoms with Gasteiger partial charge in [0, 0.05) is 23.3 Å². The van der Waals surface area contributed by atoms with Crippen LogP contribution in [0.25, 0.3) is 10.9 Å². The monoisotopic (exact) mass is 352 g/mol. The lowest BCUT2D eigenvalue weighted by Crippen LogP contribution is -2.02. The molecule has 0 radical (unpaired) electrons. The molecule has 4 aromatic rings. The van der Waals surface area contributed by atoms with Crippen molar-refractivity contribution in [2.24, 2.45) is 0 Å². The predicted molar refractivity (Wildman–Crippen MR) is 106 cm³/mol. The summed E-state index contributed by atoms with van der Waals surface area (Å²) in [5, 5.41) is 16.5. The maximum atomic E-state index is 8.90. The molecule has 0 aliphatic carbocycles. The molecule has 0 amide bonds. The Kier molecular flexibility index (Phi) is 4.33. The second kappa shape index (κ2) is 7.10. The van der Waals surface area contributed by atoms with Gasteiger partial charge in [-0.25, -0.2) is 9.97 Å². The van der Waals surface area contributed by atoms with Crippen molar-refractivity contribution < 1.29 is 0 Å². The first kappa shape index (κ1) is 16.5. The SMILES string of the molecule is Cc1nc(Nc2ccc(C#N)cc2)cc(Nc2cccc3cccnc23)n1. The molecule has 2 N–H and O–H groups in total. The number of nitrogens with one attached hydrogen (secondary N) is 2. The quantitative estimate of drug-likeness (QED) is 0.554. The van der Waals surface area contributed by atoms with Crippen molar-refractivity contribution in [1.82, 2.24) is 15.0 Å². The van der Waals surface area contributed by atoms with Crippen molar-refractivity contribution in [3.8, 4) is 6.07 Å². The number of benzene rings is 2. The van der Waals surface area contributed by atoms with Gasteiger partial charge in [-0.1, -0.05) is 18.2 Å². The van der Waals surface area contributed by atoms with Crippen LogP contribution in [0, 0.1) is 18.3 Å². The van der Waals surface area contributed by atoms with Crippen LogP contribution in [0.3, 0.4) is 0 Å². The Morgan fingerprint density at radius 2 is 1.63 bits per heavy atom. The molecule has 0 spiro atoms. The Labute approximate surface area is 156 Å². The second-order valence-corrected chi connectivity index (χ2v) is 6.01. The molecule has 0 atom stereocenters. The molecular formula is C21H16N6. The third-order valence-corrected chi connectivity index (χ3v) is 4.02. The van der Waals surface area contributed by atoms with E-state index in [1.807, 2.05) is 55.5 Å². The summed E-state index contributed by atoms with van der Waals surface area (Å²) in [7, 11) is 0. The first-order valence-corrected chi connectivity index (χ1v) is 8.45. The summed E-state index contributed by atoms with van der Waals surface area (Å²) in [6.07, 6.45) is 1.77. The van der Waals surface area contributed by atoms with Crippen LogP contribution in [-0.4, -0.2) is 15.0 Å². The molecule has 2 aromatic heterocycles. The summed E-state index contributed by atoms with van der Waals surface area (Å²) in [6, 6.07) is 21.1. The minimum atomic E-state index is 0.616. The Balaban J connectivity index is 1.63. The number of hydrogen-bond acceptors (Lipinski definition) is 6. The zero-order valence-electron chi connectivity index (χ0n) is 14.6. The molecule has 0 unspecified atom stereocenters. The van der Waals surface area contributed by atoms with Crippen LogP contribution in [0.15, 0.2) is 66.9 Å². The lowest BCUT2D eigenvalue weighted by molar-refractivity contribution is 1.06. The highest BCUT2D eigenvalue weighted by atomic mass is 15.1.